The van der Waals surface area contributed by atoms with Gasteiger partial charge in [-0.2, -0.15) is 0 Å². The molecule has 1 heterocycles. The van der Waals surface area contributed by atoms with Crippen molar-refractivity contribution < 1.29 is 22.4 Å². The van der Waals surface area contributed by atoms with Crippen molar-refractivity contribution in [3.8, 4) is 0 Å². The van der Waals surface area contributed by atoms with E-state index in [0.29, 0.717) is 11.4 Å². The standard InChI is InChI=1S/C17H20N2O5S/c1-17(2,3)25(22,23)11-15(20)18-12-6-8-13(9-7-12)19-16(21)14-5-4-10-24-14/h4-10H,11H2,1-3H3,(H,18,20)(H,19,21). The van der Waals surface area contributed by atoms with Crippen molar-refractivity contribution in [1.29, 1.82) is 0 Å². The molecule has 0 saturated carbocycles. The van der Waals surface area contributed by atoms with Crippen molar-refractivity contribution in [3.63, 3.8) is 0 Å². The molecular weight excluding hydrogens is 344 g/mol. The first-order valence-corrected chi connectivity index (χ1v) is 9.21. The van der Waals surface area contributed by atoms with Crippen LogP contribution in [0.3, 0.4) is 0 Å². The van der Waals surface area contributed by atoms with Crippen molar-refractivity contribution >= 4 is 33.0 Å². The van der Waals surface area contributed by atoms with Crippen molar-refractivity contribution in [3.05, 3.63) is 48.4 Å². The Labute approximate surface area is 146 Å². The molecule has 0 saturated heterocycles. The number of amides is 2. The van der Waals surface area contributed by atoms with Crippen LogP contribution in [-0.2, 0) is 14.6 Å². The van der Waals surface area contributed by atoms with E-state index in [2.05, 4.69) is 10.6 Å². The van der Waals surface area contributed by atoms with E-state index in [1.807, 2.05) is 0 Å². The number of hydrogen-bond acceptors (Lipinski definition) is 5. The Morgan fingerprint density at radius 1 is 1.00 bits per heavy atom. The molecule has 0 bridgehead atoms. The van der Waals surface area contributed by atoms with Gasteiger partial charge in [-0.3, -0.25) is 9.59 Å². The number of rotatable bonds is 5. The molecule has 0 radical (unpaired) electrons. The summed E-state index contributed by atoms with van der Waals surface area (Å²) < 4.78 is 28.0. The number of nitrogens with one attached hydrogen (secondary N) is 2. The van der Waals surface area contributed by atoms with E-state index >= 15 is 0 Å². The fourth-order valence-electron chi connectivity index (χ4n) is 1.82. The lowest BCUT2D eigenvalue weighted by molar-refractivity contribution is -0.113. The zero-order valence-electron chi connectivity index (χ0n) is 14.2. The predicted molar refractivity (Wildman–Crippen MR) is 95.3 cm³/mol. The lowest BCUT2D eigenvalue weighted by Gasteiger charge is -2.18. The number of carbonyl (C=O) groups excluding carboxylic acids is 2. The minimum absolute atomic E-state index is 0.185. The molecule has 0 atom stereocenters. The van der Waals surface area contributed by atoms with Crippen LogP contribution in [0.15, 0.2) is 47.1 Å². The smallest absolute Gasteiger partial charge is 0.291 e. The number of furan rings is 1. The van der Waals surface area contributed by atoms with E-state index in [1.165, 1.54) is 6.26 Å². The van der Waals surface area contributed by atoms with Crippen LogP contribution in [-0.4, -0.2) is 30.7 Å². The number of carbonyl (C=O) groups is 2. The average molecular weight is 364 g/mol. The minimum Gasteiger partial charge on any atom is -0.459 e. The Bertz CT molecular complexity index is 847. The lowest BCUT2D eigenvalue weighted by Crippen LogP contribution is -2.35. The summed E-state index contributed by atoms with van der Waals surface area (Å²) in [6.07, 6.45) is 1.40. The van der Waals surface area contributed by atoms with Crippen molar-refractivity contribution in [2.45, 2.75) is 25.5 Å². The summed E-state index contributed by atoms with van der Waals surface area (Å²) in [6, 6.07) is 9.47. The van der Waals surface area contributed by atoms with Crippen LogP contribution < -0.4 is 10.6 Å². The largest absolute Gasteiger partial charge is 0.459 e. The van der Waals surface area contributed by atoms with Crippen LogP contribution in [0.25, 0.3) is 0 Å². The molecule has 0 fully saturated rings. The first-order chi connectivity index (χ1) is 11.6. The van der Waals surface area contributed by atoms with Gasteiger partial charge in [0, 0.05) is 11.4 Å². The van der Waals surface area contributed by atoms with E-state index in [-0.39, 0.29) is 5.76 Å². The summed E-state index contributed by atoms with van der Waals surface area (Å²) in [5.41, 5.74) is 0.951. The van der Waals surface area contributed by atoms with Crippen LogP contribution in [0.4, 0.5) is 11.4 Å². The van der Waals surface area contributed by atoms with Gasteiger partial charge >= 0.3 is 0 Å². The van der Waals surface area contributed by atoms with Crippen LogP contribution in [0.1, 0.15) is 31.3 Å². The second-order valence-corrected chi connectivity index (χ2v) is 9.17. The molecule has 2 N–H and O–H groups in total. The van der Waals surface area contributed by atoms with Crippen LogP contribution in [0.5, 0.6) is 0 Å². The molecule has 7 nitrogen and oxygen atoms in total. The van der Waals surface area contributed by atoms with Gasteiger partial charge in [-0.05, 0) is 57.2 Å². The van der Waals surface area contributed by atoms with Crippen LogP contribution >= 0.6 is 0 Å². The summed E-state index contributed by atoms with van der Waals surface area (Å²) in [4.78, 5) is 23.8. The van der Waals surface area contributed by atoms with Gasteiger partial charge < -0.3 is 15.1 Å². The molecular formula is C17H20N2O5S. The normalized spacial score (nSPS) is 11.8. The summed E-state index contributed by atoms with van der Waals surface area (Å²) in [5, 5.41) is 5.17. The van der Waals surface area contributed by atoms with Gasteiger partial charge in [0.05, 0.1) is 11.0 Å². The van der Waals surface area contributed by atoms with Gasteiger partial charge in [0.1, 0.15) is 5.75 Å². The van der Waals surface area contributed by atoms with Crippen LogP contribution in [0.2, 0.25) is 0 Å². The maximum Gasteiger partial charge on any atom is 0.291 e. The van der Waals surface area contributed by atoms with Crippen molar-refractivity contribution in [2.24, 2.45) is 0 Å². The molecule has 0 aliphatic carbocycles. The molecule has 2 aromatic rings. The molecule has 1 aromatic heterocycles. The highest BCUT2D eigenvalue weighted by atomic mass is 32.2. The summed E-state index contributed by atoms with van der Waals surface area (Å²) >= 11 is 0. The van der Waals surface area contributed by atoms with Gasteiger partial charge in [-0.1, -0.05) is 0 Å². The highest BCUT2D eigenvalue weighted by Crippen LogP contribution is 2.18. The second-order valence-electron chi connectivity index (χ2n) is 6.43. The number of hydrogen-bond donors (Lipinski definition) is 2. The summed E-state index contributed by atoms with van der Waals surface area (Å²) in [7, 11) is -3.55. The number of benzene rings is 1. The maximum absolute atomic E-state index is 12.0. The van der Waals surface area contributed by atoms with Crippen molar-refractivity contribution in [2.75, 3.05) is 16.4 Å². The van der Waals surface area contributed by atoms with Crippen LogP contribution in [0, 0.1) is 0 Å². The Balaban J connectivity index is 1.96. The summed E-state index contributed by atoms with van der Waals surface area (Å²) in [5.74, 6) is -1.40. The van der Waals surface area contributed by atoms with Gasteiger partial charge in [0.2, 0.25) is 5.91 Å². The summed E-state index contributed by atoms with van der Waals surface area (Å²) in [6.45, 7) is 4.64. The van der Waals surface area contributed by atoms with Gasteiger partial charge in [0.15, 0.2) is 15.6 Å². The lowest BCUT2D eigenvalue weighted by atomic mass is 10.2. The Morgan fingerprint density at radius 3 is 2.04 bits per heavy atom. The van der Waals surface area contributed by atoms with E-state index in [9.17, 15) is 18.0 Å². The molecule has 134 valence electrons. The molecule has 0 spiro atoms. The SMILES string of the molecule is CC(C)(C)S(=O)(=O)CC(=O)Nc1ccc(NC(=O)c2ccco2)cc1. The minimum atomic E-state index is -3.55. The van der Waals surface area contributed by atoms with Crippen molar-refractivity contribution in [1.82, 2.24) is 0 Å². The zero-order valence-corrected chi connectivity index (χ0v) is 15.0. The molecule has 2 rings (SSSR count). The molecule has 0 aliphatic heterocycles. The topological polar surface area (TPSA) is 105 Å². The Kier molecular flexibility index (Phi) is 5.32. The Hall–Kier alpha value is -2.61. The first kappa shape index (κ1) is 18.7. The molecule has 1 aromatic carbocycles. The third-order valence-corrected chi connectivity index (χ3v) is 5.93. The molecule has 0 aliphatic rings. The van der Waals surface area contributed by atoms with Gasteiger partial charge in [-0.25, -0.2) is 8.42 Å². The predicted octanol–water partition coefficient (Wildman–Crippen LogP) is 2.68. The number of anilines is 2. The molecule has 8 heteroatoms. The number of sulfone groups is 1. The molecule has 0 unspecified atom stereocenters. The zero-order chi connectivity index (χ0) is 18.7. The van der Waals surface area contributed by atoms with E-state index in [0.717, 1.165) is 0 Å². The molecule has 25 heavy (non-hydrogen) atoms. The van der Waals surface area contributed by atoms with Gasteiger partial charge in [0.25, 0.3) is 5.91 Å². The fraction of sp³-hybridized carbons (Fsp3) is 0.294. The quantitative estimate of drug-likeness (QED) is 0.848. The monoisotopic (exact) mass is 364 g/mol. The third kappa shape index (κ3) is 4.93. The van der Waals surface area contributed by atoms with E-state index in [4.69, 9.17) is 4.42 Å². The molecule has 2 amide bonds. The Morgan fingerprint density at radius 2 is 1.56 bits per heavy atom. The van der Waals surface area contributed by atoms with E-state index in [1.54, 1.807) is 57.2 Å². The average Bonchev–Trinajstić information content (AvgIpc) is 3.01. The van der Waals surface area contributed by atoms with Gasteiger partial charge in [-0.15, -0.1) is 0 Å². The first-order valence-electron chi connectivity index (χ1n) is 7.55. The van der Waals surface area contributed by atoms with E-state index < -0.39 is 32.2 Å². The second kappa shape index (κ2) is 7.10. The fourth-order valence-corrected chi connectivity index (χ4v) is 2.67. The third-order valence-electron chi connectivity index (χ3n) is 3.43. The highest BCUT2D eigenvalue weighted by molar-refractivity contribution is 7.93. The highest BCUT2D eigenvalue weighted by Gasteiger charge is 2.31. The maximum atomic E-state index is 12.0.